The van der Waals surface area contributed by atoms with E-state index in [1.165, 1.54) is 5.48 Å². The Kier molecular flexibility index (Phi) is 9.27. The maximum Gasteiger partial charge on any atom is 0.262 e. The van der Waals surface area contributed by atoms with Crippen LogP contribution < -0.4 is 16.1 Å². The zero-order valence-corrected chi connectivity index (χ0v) is 18.8. The average molecular weight is 448 g/mol. The number of carbonyl (C=O) groups is 3. The molecular formula is C23H30ClN3O4. The second-order valence-corrected chi connectivity index (χ2v) is 8.43. The molecule has 0 aliphatic heterocycles. The predicted molar refractivity (Wildman–Crippen MR) is 121 cm³/mol. The number of rotatable bonds is 10. The summed E-state index contributed by atoms with van der Waals surface area (Å²) in [6, 6.07) is 13.0. The molecule has 2 aromatic rings. The third-order valence-electron chi connectivity index (χ3n) is 5.01. The van der Waals surface area contributed by atoms with Crippen LogP contribution in [0.15, 0.2) is 42.5 Å². The van der Waals surface area contributed by atoms with Crippen molar-refractivity contribution in [1.82, 2.24) is 16.1 Å². The zero-order chi connectivity index (χ0) is 23.0. The summed E-state index contributed by atoms with van der Waals surface area (Å²) in [5.41, 5.74) is 2.39. The lowest BCUT2D eigenvalue weighted by Crippen LogP contribution is -2.52. The van der Waals surface area contributed by atoms with Gasteiger partial charge >= 0.3 is 0 Å². The molecule has 8 heteroatoms. The quantitative estimate of drug-likeness (QED) is 0.255. The minimum Gasteiger partial charge on any atom is -0.355 e. The second-order valence-electron chi connectivity index (χ2n) is 7.96. The van der Waals surface area contributed by atoms with Gasteiger partial charge in [-0.05, 0) is 35.6 Å². The molecule has 0 saturated heterocycles. The molecule has 0 saturated carbocycles. The van der Waals surface area contributed by atoms with Gasteiger partial charge < -0.3 is 10.6 Å². The molecule has 7 nitrogen and oxygen atoms in total. The predicted octanol–water partition coefficient (Wildman–Crippen LogP) is 2.78. The van der Waals surface area contributed by atoms with Gasteiger partial charge in [-0.3, -0.25) is 19.6 Å². The molecule has 31 heavy (non-hydrogen) atoms. The van der Waals surface area contributed by atoms with Crippen molar-refractivity contribution in [1.29, 1.82) is 0 Å². The second kappa shape index (κ2) is 11.7. The van der Waals surface area contributed by atoms with Crippen molar-refractivity contribution >= 4 is 40.1 Å². The number of hydrogen-bond donors (Lipinski definition) is 4. The number of fused-ring (bicyclic) bond motifs is 1. The van der Waals surface area contributed by atoms with E-state index in [-0.39, 0.29) is 18.2 Å². The number of hydrogen-bond acceptors (Lipinski definition) is 4. The van der Waals surface area contributed by atoms with Gasteiger partial charge in [0.15, 0.2) is 0 Å². The van der Waals surface area contributed by atoms with Gasteiger partial charge in [0.1, 0.15) is 11.4 Å². The van der Waals surface area contributed by atoms with Crippen LogP contribution in [-0.2, 0) is 20.8 Å². The standard InChI is InChI=1S/C23H30ClN3O4/c1-4-25-22(29)19(13-15-9-10-16-7-5-6-8-17(16)12-15)26-21(28)18(11-14(2)3)20(24)23(30)27-31/h5-10,12,14,18-20,31H,4,11,13H2,1-3H3,(H,25,29)(H,26,28)(H,27,30)/t18-,19+,20-/m1/s1. The minimum atomic E-state index is -1.26. The number of hydroxylamine groups is 1. The van der Waals surface area contributed by atoms with Crippen LogP contribution in [0.4, 0.5) is 0 Å². The topological polar surface area (TPSA) is 108 Å². The summed E-state index contributed by atoms with van der Waals surface area (Å²) in [5, 5.41) is 15.3. The van der Waals surface area contributed by atoms with E-state index in [0.717, 1.165) is 16.3 Å². The SMILES string of the molecule is CCNC(=O)[C@H](Cc1ccc2ccccc2c1)NC(=O)[C@H](CC(C)C)[C@@H](Cl)C(=O)NO. The molecule has 168 valence electrons. The van der Waals surface area contributed by atoms with E-state index in [4.69, 9.17) is 16.8 Å². The number of likely N-dealkylation sites (N-methyl/N-ethyl adjacent to an activating group) is 1. The molecule has 0 fully saturated rings. The summed E-state index contributed by atoms with van der Waals surface area (Å²) in [4.78, 5) is 37.5. The molecule has 0 aliphatic rings. The van der Waals surface area contributed by atoms with Crippen LogP contribution in [0.5, 0.6) is 0 Å². The van der Waals surface area contributed by atoms with Gasteiger partial charge in [-0.15, -0.1) is 11.6 Å². The van der Waals surface area contributed by atoms with E-state index in [0.29, 0.717) is 13.0 Å². The first-order valence-electron chi connectivity index (χ1n) is 10.4. The molecule has 2 rings (SSSR count). The fourth-order valence-corrected chi connectivity index (χ4v) is 3.76. The minimum absolute atomic E-state index is 0.0758. The molecule has 4 N–H and O–H groups in total. The van der Waals surface area contributed by atoms with Crippen molar-refractivity contribution in [2.45, 2.75) is 45.0 Å². The molecule has 0 aliphatic carbocycles. The van der Waals surface area contributed by atoms with E-state index >= 15 is 0 Å². The highest BCUT2D eigenvalue weighted by Crippen LogP contribution is 2.22. The lowest BCUT2D eigenvalue weighted by Gasteiger charge is -2.25. The first-order chi connectivity index (χ1) is 14.8. The van der Waals surface area contributed by atoms with Gasteiger partial charge in [-0.2, -0.15) is 0 Å². The Labute approximate surface area is 187 Å². The van der Waals surface area contributed by atoms with Crippen LogP contribution in [0.1, 0.15) is 32.8 Å². The van der Waals surface area contributed by atoms with Crippen molar-refractivity contribution in [3.63, 3.8) is 0 Å². The molecule has 2 aromatic carbocycles. The monoisotopic (exact) mass is 447 g/mol. The fourth-order valence-electron chi connectivity index (χ4n) is 3.50. The number of amides is 3. The summed E-state index contributed by atoms with van der Waals surface area (Å²) >= 11 is 6.15. The van der Waals surface area contributed by atoms with Gasteiger partial charge in [0.05, 0.1) is 5.92 Å². The van der Waals surface area contributed by atoms with Crippen molar-refractivity contribution in [2.24, 2.45) is 11.8 Å². The van der Waals surface area contributed by atoms with Gasteiger partial charge in [0, 0.05) is 13.0 Å². The molecule has 3 amide bonds. The summed E-state index contributed by atoms with van der Waals surface area (Å²) in [5.74, 6) is -2.50. The van der Waals surface area contributed by atoms with Gasteiger partial charge in [0.2, 0.25) is 11.8 Å². The highest BCUT2D eigenvalue weighted by Gasteiger charge is 2.34. The number of nitrogens with one attached hydrogen (secondary N) is 3. The van der Waals surface area contributed by atoms with Crippen molar-refractivity contribution in [3.8, 4) is 0 Å². The van der Waals surface area contributed by atoms with Crippen LogP contribution in [0.3, 0.4) is 0 Å². The van der Waals surface area contributed by atoms with Crippen LogP contribution >= 0.6 is 11.6 Å². The Balaban J connectivity index is 2.25. The molecule has 3 atom stereocenters. The smallest absolute Gasteiger partial charge is 0.262 e. The van der Waals surface area contributed by atoms with Gasteiger partial charge in [0.25, 0.3) is 5.91 Å². The Morgan fingerprint density at radius 3 is 2.29 bits per heavy atom. The number of alkyl halides is 1. The number of carbonyl (C=O) groups excluding carboxylic acids is 3. The van der Waals surface area contributed by atoms with Crippen molar-refractivity contribution in [2.75, 3.05) is 6.54 Å². The summed E-state index contributed by atoms with van der Waals surface area (Å²) in [6.07, 6.45) is 0.613. The molecule has 0 unspecified atom stereocenters. The molecular weight excluding hydrogens is 418 g/mol. The Morgan fingerprint density at radius 1 is 1.00 bits per heavy atom. The van der Waals surface area contributed by atoms with E-state index in [2.05, 4.69) is 10.6 Å². The van der Waals surface area contributed by atoms with Crippen molar-refractivity contribution < 1.29 is 19.6 Å². The maximum atomic E-state index is 13.0. The fraction of sp³-hybridized carbons (Fsp3) is 0.435. The lowest BCUT2D eigenvalue weighted by molar-refractivity contribution is -0.136. The highest BCUT2D eigenvalue weighted by atomic mass is 35.5. The summed E-state index contributed by atoms with van der Waals surface area (Å²) in [7, 11) is 0. The molecule has 0 aromatic heterocycles. The normalized spacial score (nSPS) is 14.0. The molecule has 0 radical (unpaired) electrons. The summed E-state index contributed by atoms with van der Waals surface area (Å²) in [6.45, 7) is 6.02. The first kappa shape index (κ1) is 24.6. The third kappa shape index (κ3) is 6.94. The van der Waals surface area contributed by atoms with E-state index in [1.807, 2.05) is 56.3 Å². The Hall–Kier alpha value is -2.64. The molecule has 0 bridgehead atoms. The lowest BCUT2D eigenvalue weighted by atomic mass is 9.92. The van der Waals surface area contributed by atoms with Gasteiger partial charge in [-0.1, -0.05) is 56.3 Å². The largest absolute Gasteiger partial charge is 0.355 e. The first-order valence-corrected chi connectivity index (χ1v) is 10.8. The zero-order valence-electron chi connectivity index (χ0n) is 18.0. The third-order valence-corrected chi connectivity index (χ3v) is 5.52. The molecule has 0 heterocycles. The van der Waals surface area contributed by atoms with Crippen LogP contribution in [-0.4, -0.2) is 40.9 Å². The van der Waals surface area contributed by atoms with E-state index < -0.39 is 29.2 Å². The van der Waals surface area contributed by atoms with Gasteiger partial charge in [-0.25, -0.2) is 5.48 Å². The van der Waals surface area contributed by atoms with Crippen LogP contribution in [0, 0.1) is 11.8 Å². The maximum absolute atomic E-state index is 13.0. The molecule has 0 spiro atoms. The summed E-state index contributed by atoms with van der Waals surface area (Å²) < 4.78 is 0. The Bertz CT molecular complexity index is 919. The van der Waals surface area contributed by atoms with E-state index in [9.17, 15) is 14.4 Å². The highest BCUT2D eigenvalue weighted by molar-refractivity contribution is 6.32. The Morgan fingerprint density at radius 2 is 1.68 bits per heavy atom. The van der Waals surface area contributed by atoms with Crippen molar-refractivity contribution in [3.05, 3.63) is 48.0 Å². The number of halogens is 1. The van der Waals surface area contributed by atoms with Crippen LogP contribution in [0.25, 0.3) is 10.8 Å². The average Bonchev–Trinajstić information content (AvgIpc) is 2.75. The number of benzene rings is 2. The van der Waals surface area contributed by atoms with E-state index in [1.54, 1.807) is 6.92 Å². The van der Waals surface area contributed by atoms with Crippen LogP contribution in [0.2, 0.25) is 0 Å².